The molecule has 1 amide bonds. The molecule has 0 aliphatic carbocycles. The van der Waals surface area contributed by atoms with Crippen LogP contribution in [-0.2, 0) is 7.05 Å². The molecule has 8 nitrogen and oxygen atoms in total. The lowest BCUT2D eigenvalue weighted by Crippen LogP contribution is -2.28. The molecule has 0 aliphatic heterocycles. The zero-order valence-corrected chi connectivity index (χ0v) is 19.3. The molecule has 8 heteroatoms. The van der Waals surface area contributed by atoms with Gasteiger partial charge >= 0.3 is 0 Å². The summed E-state index contributed by atoms with van der Waals surface area (Å²) in [6.45, 7) is 8.02. The number of carbonyl (C=O) groups is 1. The SMILES string of the molecule is Cc1cc(C)c(-c2cc(C(=O)Nc3cccc(-c4nccn4C(C)C)n3)c(=O)n(C)c2)cn1. The molecule has 0 aromatic carbocycles. The topological polar surface area (TPSA) is 94.7 Å². The first-order valence-electron chi connectivity index (χ1n) is 10.7. The maximum absolute atomic E-state index is 13.1. The van der Waals surface area contributed by atoms with E-state index in [4.69, 9.17) is 0 Å². The van der Waals surface area contributed by atoms with Crippen LogP contribution in [0.2, 0.25) is 0 Å². The number of nitrogens with one attached hydrogen (secondary N) is 1. The van der Waals surface area contributed by atoms with Gasteiger partial charge in [0.2, 0.25) is 0 Å². The van der Waals surface area contributed by atoms with Crippen molar-refractivity contribution in [3.63, 3.8) is 0 Å². The van der Waals surface area contributed by atoms with Gasteiger partial charge in [-0.1, -0.05) is 6.07 Å². The summed E-state index contributed by atoms with van der Waals surface area (Å²) in [5, 5.41) is 2.76. The van der Waals surface area contributed by atoms with Crippen molar-refractivity contribution in [2.45, 2.75) is 33.7 Å². The van der Waals surface area contributed by atoms with Crippen LogP contribution in [0.5, 0.6) is 0 Å². The van der Waals surface area contributed by atoms with Crippen molar-refractivity contribution >= 4 is 11.7 Å². The highest BCUT2D eigenvalue weighted by Gasteiger charge is 2.17. The number of hydrogen-bond donors (Lipinski definition) is 1. The zero-order chi connectivity index (χ0) is 23.7. The van der Waals surface area contributed by atoms with Crippen LogP contribution in [0.4, 0.5) is 5.82 Å². The van der Waals surface area contributed by atoms with Crippen molar-refractivity contribution in [3.8, 4) is 22.6 Å². The molecule has 4 heterocycles. The minimum Gasteiger partial charge on any atom is -0.327 e. The number of aromatic nitrogens is 5. The molecule has 0 bridgehead atoms. The van der Waals surface area contributed by atoms with Crippen LogP contribution in [-0.4, -0.2) is 30.0 Å². The van der Waals surface area contributed by atoms with Crippen LogP contribution in [0.1, 0.15) is 41.5 Å². The van der Waals surface area contributed by atoms with Gasteiger partial charge in [-0.2, -0.15) is 0 Å². The Labute approximate surface area is 192 Å². The fourth-order valence-electron chi connectivity index (χ4n) is 3.76. The average molecular weight is 443 g/mol. The van der Waals surface area contributed by atoms with Gasteiger partial charge in [0.05, 0.1) is 0 Å². The van der Waals surface area contributed by atoms with Crippen molar-refractivity contribution in [1.29, 1.82) is 0 Å². The van der Waals surface area contributed by atoms with Gasteiger partial charge in [-0.05, 0) is 57.5 Å². The average Bonchev–Trinajstić information content (AvgIpc) is 3.26. The van der Waals surface area contributed by atoms with Crippen LogP contribution < -0.4 is 10.9 Å². The minimum atomic E-state index is -0.521. The van der Waals surface area contributed by atoms with Gasteiger partial charge < -0.3 is 14.5 Å². The van der Waals surface area contributed by atoms with E-state index in [1.165, 1.54) is 4.57 Å². The van der Waals surface area contributed by atoms with E-state index < -0.39 is 5.91 Å². The number of hydrogen-bond acceptors (Lipinski definition) is 5. The van der Waals surface area contributed by atoms with Crippen molar-refractivity contribution in [3.05, 3.63) is 82.3 Å². The van der Waals surface area contributed by atoms with E-state index in [2.05, 4.69) is 34.1 Å². The van der Waals surface area contributed by atoms with Gasteiger partial charge in [-0.15, -0.1) is 0 Å². The summed E-state index contributed by atoms with van der Waals surface area (Å²) in [6.07, 6.45) is 7.08. The van der Waals surface area contributed by atoms with Gasteiger partial charge in [0.25, 0.3) is 11.5 Å². The molecular weight excluding hydrogens is 416 g/mol. The number of rotatable bonds is 5. The highest BCUT2D eigenvalue weighted by Crippen LogP contribution is 2.24. The second-order valence-electron chi connectivity index (χ2n) is 8.31. The second-order valence-corrected chi connectivity index (χ2v) is 8.31. The van der Waals surface area contributed by atoms with Gasteiger partial charge in [0, 0.05) is 54.7 Å². The lowest BCUT2D eigenvalue weighted by atomic mass is 10.0. The molecule has 0 aliphatic rings. The Bertz CT molecular complexity index is 1400. The van der Waals surface area contributed by atoms with Gasteiger partial charge in [0.1, 0.15) is 17.1 Å². The van der Waals surface area contributed by atoms with E-state index in [0.29, 0.717) is 17.3 Å². The second kappa shape index (κ2) is 8.82. The van der Waals surface area contributed by atoms with E-state index in [0.717, 1.165) is 22.4 Å². The molecule has 4 aromatic heterocycles. The van der Waals surface area contributed by atoms with Crippen molar-refractivity contribution in [1.82, 2.24) is 24.1 Å². The number of pyridine rings is 3. The third-order valence-electron chi connectivity index (χ3n) is 5.43. The summed E-state index contributed by atoms with van der Waals surface area (Å²) in [4.78, 5) is 39.1. The molecule has 0 atom stereocenters. The zero-order valence-electron chi connectivity index (χ0n) is 19.3. The Kier molecular flexibility index (Phi) is 5.91. The Hall–Kier alpha value is -4.07. The molecule has 0 unspecified atom stereocenters. The van der Waals surface area contributed by atoms with Gasteiger partial charge in [-0.3, -0.25) is 14.6 Å². The first kappa shape index (κ1) is 22.1. The lowest BCUT2D eigenvalue weighted by Gasteiger charge is -2.13. The Morgan fingerprint density at radius 2 is 1.91 bits per heavy atom. The van der Waals surface area contributed by atoms with Crippen LogP contribution in [0, 0.1) is 13.8 Å². The lowest BCUT2D eigenvalue weighted by molar-refractivity contribution is 0.102. The molecule has 0 saturated carbocycles. The molecule has 168 valence electrons. The van der Waals surface area contributed by atoms with E-state index in [-0.39, 0.29) is 17.2 Å². The summed E-state index contributed by atoms with van der Waals surface area (Å²) in [7, 11) is 1.63. The smallest absolute Gasteiger partial charge is 0.263 e. The highest BCUT2D eigenvalue weighted by molar-refractivity contribution is 6.04. The summed E-state index contributed by atoms with van der Waals surface area (Å²) in [6, 6.07) is 9.11. The fourth-order valence-corrected chi connectivity index (χ4v) is 3.76. The number of amides is 1. The normalized spacial score (nSPS) is 11.1. The molecule has 0 saturated heterocycles. The van der Waals surface area contributed by atoms with Crippen LogP contribution in [0.25, 0.3) is 22.6 Å². The predicted molar refractivity (Wildman–Crippen MR) is 128 cm³/mol. The largest absolute Gasteiger partial charge is 0.327 e. The summed E-state index contributed by atoms with van der Waals surface area (Å²) in [5.74, 6) is 0.532. The monoisotopic (exact) mass is 442 g/mol. The molecular formula is C25H26N6O2. The Morgan fingerprint density at radius 1 is 1.12 bits per heavy atom. The molecule has 33 heavy (non-hydrogen) atoms. The predicted octanol–water partition coefficient (Wildman–Crippen LogP) is 4.16. The number of carbonyl (C=O) groups excluding carboxylic acids is 1. The van der Waals surface area contributed by atoms with E-state index in [9.17, 15) is 9.59 Å². The first-order valence-corrected chi connectivity index (χ1v) is 10.7. The van der Waals surface area contributed by atoms with Gasteiger partial charge in [-0.25, -0.2) is 9.97 Å². The van der Waals surface area contributed by atoms with Crippen LogP contribution in [0.3, 0.4) is 0 Å². The van der Waals surface area contributed by atoms with Crippen molar-refractivity contribution in [2.24, 2.45) is 7.05 Å². The van der Waals surface area contributed by atoms with E-state index in [1.807, 2.05) is 36.7 Å². The third-order valence-corrected chi connectivity index (χ3v) is 5.43. The molecule has 4 rings (SSSR count). The Morgan fingerprint density at radius 3 is 2.64 bits per heavy atom. The molecule has 4 aromatic rings. The van der Waals surface area contributed by atoms with Crippen molar-refractivity contribution < 1.29 is 4.79 Å². The number of anilines is 1. The van der Waals surface area contributed by atoms with Gasteiger partial charge in [0.15, 0.2) is 5.82 Å². The maximum Gasteiger partial charge on any atom is 0.263 e. The number of aryl methyl sites for hydroxylation is 3. The minimum absolute atomic E-state index is 0.0332. The van der Waals surface area contributed by atoms with Crippen molar-refractivity contribution in [2.75, 3.05) is 5.32 Å². The number of nitrogens with zero attached hydrogens (tertiary/aromatic N) is 5. The molecule has 0 radical (unpaired) electrons. The number of imidazole rings is 1. The standard InChI is InChI=1S/C25H26N6O2/c1-15(2)31-10-9-26-23(31)21-7-6-8-22(28-21)29-24(32)19-12-18(14-30(5)25(19)33)20-13-27-17(4)11-16(20)3/h6-15H,1-5H3,(H,28,29,32). The summed E-state index contributed by atoms with van der Waals surface area (Å²) < 4.78 is 3.41. The first-order chi connectivity index (χ1) is 15.7. The quantitative estimate of drug-likeness (QED) is 0.501. The fraction of sp³-hybridized carbons (Fsp3) is 0.240. The summed E-state index contributed by atoms with van der Waals surface area (Å²) in [5.41, 5.74) is 3.81. The Balaban J connectivity index is 1.67. The maximum atomic E-state index is 13.1. The van der Waals surface area contributed by atoms with Crippen LogP contribution in [0.15, 0.2) is 59.9 Å². The summed E-state index contributed by atoms with van der Waals surface area (Å²) >= 11 is 0. The molecule has 0 spiro atoms. The van der Waals surface area contributed by atoms with E-state index in [1.54, 1.807) is 43.8 Å². The molecule has 1 N–H and O–H groups in total. The van der Waals surface area contributed by atoms with E-state index >= 15 is 0 Å². The third kappa shape index (κ3) is 4.45. The van der Waals surface area contributed by atoms with Crippen LogP contribution >= 0.6 is 0 Å². The molecule has 0 fully saturated rings. The highest BCUT2D eigenvalue weighted by atomic mass is 16.2.